The largest absolute Gasteiger partial charge is 0.355 e. The molecule has 7 nitrogen and oxygen atoms in total. The molecule has 184 valence electrons. The number of aryl methyl sites for hydroxylation is 2. The summed E-state index contributed by atoms with van der Waals surface area (Å²) in [6.07, 6.45) is 9.02. The maximum Gasteiger partial charge on any atom is 0.248 e. The molecule has 1 aromatic carbocycles. The second kappa shape index (κ2) is 10.4. The Hall–Kier alpha value is -2.45. The minimum Gasteiger partial charge on any atom is -0.355 e. The number of sulfonamides is 1. The summed E-state index contributed by atoms with van der Waals surface area (Å²) < 4.78 is 34.2. The summed E-state index contributed by atoms with van der Waals surface area (Å²) in [7, 11) is -3.85. The number of nitrogens with zero attached hydrogens (tertiary/aromatic N) is 3. The van der Waals surface area contributed by atoms with Crippen molar-refractivity contribution in [3.8, 4) is 0 Å². The predicted octanol–water partition coefficient (Wildman–Crippen LogP) is 4.65. The van der Waals surface area contributed by atoms with Crippen LogP contribution in [0.2, 0.25) is 0 Å². The fraction of sp³-hybridized carbons (Fsp3) is 0.538. The first-order chi connectivity index (χ1) is 16.3. The molecular formula is C26H35N3O4S. The monoisotopic (exact) mass is 485 g/mol. The van der Waals surface area contributed by atoms with Crippen LogP contribution in [0.5, 0.6) is 0 Å². The van der Waals surface area contributed by atoms with Crippen molar-refractivity contribution in [3.63, 3.8) is 0 Å². The van der Waals surface area contributed by atoms with Crippen LogP contribution >= 0.6 is 0 Å². The van der Waals surface area contributed by atoms with E-state index in [9.17, 15) is 13.2 Å². The summed E-state index contributed by atoms with van der Waals surface area (Å²) in [5, 5.41) is 3.95. The molecule has 0 aliphatic carbocycles. The maximum atomic E-state index is 13.7. The van der Waals surface area contributed by atoms with E-state index < -0.39 is 10.0 Å². The molecule has 2 aliphatic heterocycles. The molecule has 1 aromatic heterocycles. The quantitative estimate of drug-likeness (QED) is 0.595. The second-order valence-electron chi connectivity index (χ2n) is 9.50. The van der Waals surface area contributed by atoms with Gasteiger partial charge in [-0.1, -0.05) is 48.0 Å². The highest BCUT2D eigenvalue weighted by atomic mass is 32.2. The van der Waals surface area contributed by atoms with E-state index in [4.69, 9.17) is 4.52 Å². The number of likely N-dealkylation sites (tertiary alicyclic amines) is 1. The minimum absolute atomic E-state index is 0.0911. The summed E-state index contributed by atoms with van der Waals surface area (Å²) in [4.78, 5) is 15.5. The lowest BCUT2D eigenvalue weighted by Crippen LogP contribution is -2.51. The van der Waals surface area contributed by atoms with Crippen LogP contribution < -0.4 is 0 Å². The van der Waals surface area contributed by atoms with Crippen LogP contribution in [0, 0.1) is 19.8 Å². The molecule has 2 aromatic rings. The van der Waals surface area contributed by atoms with Crippen molar-refractivity contribution < 1.29 is 17.7 Å². The molecule has 34 heavy (non-hydrogen) atoms. The molecule has 2 saturated heterocycles. The van der Waals surface area contributed by atoms with Gasteiger partial charge < -0.3 is 9.42 Å². The lowest BCUT2D eigenvalue weighted by atomic mass is 9.93. The van der Waals surface area contributed by atoms with Crippen molar-refractivity contribution in [2.45, 2.75) is 70.2 Å². The van der Waals surface area contributed by atoms with E-state index in [1.54, 1.807) is 13.0 Å². The van der Waals surface area contributed by atoms with E-state index in [0.717, 1.165) is 49.8 Å². The van der Waals surface area contributed by atoms with Gasteiger partial charge in [-0.2, -0.15) is 4.31 Å². The first kappa shape index (κ1) is 24.7. The molecule has 4 rings (SSSR count). The molecule has 0 saturated carbocycles. The molecule has 0 unspecified atom stereocenters. The van der Waals surface area contributed by atoms with Gasteiger partial charge in [0.05, 0.1) is 5.92 Å². The molecule has 0 N–H and O–H groups in total. The second-order valence-corrected chi connectivity index (χ2v) is 11.4. The van der Waals surface area contributed by atoms with Gasteiger partial charge >= 0.3 is 0 Å². The molecule has 2 atom stereocenters. The molecule has 0 spiro atoms. The van der Waals surface area contributed by atoms with Crippen molar-refractivity contribution in [1.29, 1.82) is 0 Å². The van der Waals surface area contributed by atoms with Gasteiger partial charge in [0.25, 0.3) is 0 Å². The van der Waals surface area contributed by atoms with E-state index in [1.807, 2.05) is 42.2 Å². The maximum absolute atomic E-state index is 13.7. The van der Waals surface area contributed by atoms with Crippen LogP contribution in [0.3, 0.4) is 0 Å². The zero-order chi connectivity index (χ0) is 24.3. The molecular weight excluding hydrogens is 450 g/mol. The Labute approximate surface area is 202 Å². The highest BCUT2D eigenvalue weighted by molar-refractivity contribution is 7.89. The Morgan fingerprint density at radius 3 is 2.59 bits per heavy atom. The Balaban J connectivity index is 1.54. The van der Waals surface area contributed by atoms with Gasteiger partial charge in [0.1, 0.15) is 5.69 Å². The first-order valence-corrected chi connectivity index (χ1v) is 13.8. The Kier molecular flexibility index (Phi) is 7.57. The van der Waals surface area contributed by atoms with Crippen LogP contribution in [0.4, 0.5) is 0 Å². The molecule has 8 heteroatoms. The summed E-state index contributed by atoms with van der Waals surface area (Å²) in [5.41, 5.74) is 2.43. The van der Waals surface area contributed by atoms with Crippen molar-refractivity contribution in [2.24, 2.45) is 5.92 Å². The lowest BCUT2D eigenvalue weighted by Gasteiger charge is -2.39. The third-order valence-corrected chi connectivity index (χ3v) is 9.07. The molecule has 1 amide bonds. The van der Waals surface area contributed by atoms with Gasteiger partial charge in [-0.15, -0.1) is 0 Å². The zero-order valence-electron chi connectivity index (χ0n) is 20.4. The van der Waals surface area contributed by atoms with Gasteiger partial charge in [0.15, 0.2) is 10.7 Å². The van der Waals surface area contributed by atoms with Crippen LogP contribution in [0.15, 0.2) is 33.7 Å². The zero-order valence-corrected chi connectivity index (χ0v) is 21.2. The Morgan fingerprint density at radius 1 is 1.09 bits per heavy atom. The number of hydrogen-bond acceptors (Lipinski definition) is 5. The van der Waals surface area contributed by atoms with E-state index >= 15 is 0 Å². The molecule has 0 bridgehead atoms. The fourth-order valence-corrected chi connectivity index (χ4v) is 6.86. The normalized spacial score (nSPS) is 22.4. The Bertz CT molecular complexity index is 1140. The Morgan fingerprint density at radius 2 is 1.85 bits per heavy atom. The van der Waals surface area contributed by atoms with Crippen molar-refractivity contribution in [1.82, 2.24) is 14.4 Å². The van der Waals surface area contributed by atoms with Crippen LogP contribution in [-0.4, -0.2) is 54.4 Å². The highest BCUT2D eigenvalue weighted by Crippen LogP contribution is 2.31. The van der Waals surface area contributed by atoms with Crippen molar-refractivity contribution in [2.75, 3.05) is 19.6 Å². The number of rotatable bonds is 6. The topological polar surface area (TPSA) is 83.7 Å². The van der Waals surface area contributed by atoms with E-state index in [1.165, 1.54) is 4.31 Å². The van der Waals surface area contributed by atoms with Gasteiger partial charge in [-0.05, 0) is 64.0 Å². The SMILES string of the molecule is CC[C@H]1CCCCN1C(=O)[C@H]1CCCN(S(=O)(=O)c2c(C)noc2/C=C/c2ccc(C)cc2)C1. The highest BCUT2D eigenvalue weighted by Gasteiger charge is 2.39. The number of benzene rings is 1. The standard InChI is InChI=1S/C26H35N3O4S/c1-4-23-9-5-6-17-29(23)26(30)22-8-7-16-28(18-22)34(31,32)25-20(3)27-33-24(25)15-14-21-12-10-19(2)11-13-21/h10-15,22-23H,4-9,16-18H2,1-3H3/b15-14+/t22-,23-/m0/s1. The number of carbonyl (C=O) groups excluding carboxylic acids is 1. The average Bonchev–Trinajstić information content (AvgIpc) is 3.24. The lowest BCUT2D eigenvalue weighted by molar-refractivity contribution is -0.140. The van der Waals surface area contributed by atoms with Crippen molar-refractivity contribution >= 4 is 28.1 Å². The van der Waals surface area contributed by atoms with Crippen LogP contribution in [0.25, 0.3) is 12.2 Å². The minimum atomic E-state index is -3.85. The van der Waals surface area contributed by atoms with E-state index in [2.05, 4.69) is 12.1 Å². The van der Waals surface area contributed by atoms with E-state index in [-0.39, 0.29) is 35.1 Å². The van der Waals surface area contributed by atoms with Crippen LogP contribution in [-0.2, 0) is 14.8 Å². The van der Waals surface area contributed by atoms with Gasteiger partial charge in [0.2, 0.25) is 15.9 Å². The van der Waals surface area contributed by atoms with Gasteiger partial charge in [-0.3, -0.25) is 4.79 Å². The third kappa shape index (κ3) is 5.13. The average molecular weight is 486 g/mol. The van der Waals surface area contributed by atoms with E-state index in [0.29, 0.717) is 18.7 Å². The third-order valence-electron chi connectivity index (χ3n) is 7.05. The van der Waals surface area contributed by atoms with Crippen LogP contribution in [0.1, 0.15) is 68.0 Å². The van der Waals surface area contributed by atoms with Gasteiger partial charge in [0, 0.05) is 25.7 Å². The molecule has 3 heterocycles. The summed E-state index contributed by atoms with van der Waals surface area (Å²) >= 11 is 0. The van der Waals surface area contributed by atoms with Gasteiger partial charge in [-0.25, -0.2) is 8.42 Å². The number of aromatic nitrogens is 1. The number of hydrogen-bond donors (Lipinski definition) is 0. The number of carbonyl (C=O) groups is 1. The number of piperidine rings is 2. The summed E-state index contributed by atoms with van der Waals surface area (Å²) in [6, 6.07) is 8.20. The fourth-order valence-electron chi connectivity index (χ4n) is 5.09. The number of amides is 1. The summed E-state index contributed by atoms with van der Waals surface area (Å²) in [6.45, 7) is 7.16. The van der Waals surface area contributed by atoms with Crippen molar-refractivity contribution in [3.05, 3.63) is 46.8 Å². The molecule has 2 fully saturated rings. The smallest absolute Gasteiger partial charge is 0.248 e. The molecule has 2 aliphatic rings. The predicted molar refractivity (Wildman–Crippen MR) is 132 cm³/mol. The first-order valence-electron chi connectivity index (χ1n) is 12.3. The summed E-state index contributed by atoms with van der Waals surface area (Å²) in [5.74, 6) is 0.0176. The molecule has 0 radical (unpaired) electrons.